The molecule has 3 amide bonds. The summed E-state index contributed by atoms with van der Waals surface area (Å²) < 4.78 is 5.57. The monoisotopic (exact) mass is 392 g/mol. The number of hydrogen-bond donors (Lipinski definition) is 0. The van der Waals surface area contributed by atoms with Gasteiger partial charge in [-0.25, -0.2) is 0 Å². The van der Waals surface area contributed by atoms with Crippen LogP contribution in [0.5, 0.6) is 0 Å². The number of fused-ring (bicyclic) bond motifs is 1. The molecule has 29 heavy (non-hydrogen) atoms. The summed E-state index contributed by atoms with van der Waals surface area (Å²) in [5.41, 5.74) is 2.12. The van der Waals surface area contributed by atoms with Crippen LogP contribution in [0.4, 0.5) is 0 Å². The second-order valence-corrected chi connectivity index (χ2v) is 7.42. The lowest BCUT2D eigenvalue weighted by molar-refractivity contribution is 0.0475. The zero-order valence-corrected chi connectivity index (χ0v) is 16.5. The van der Waals surface area contributed by atoms with E-state index in [9.17, 15) is 14.4 Å². The number of ether oxygens (including phenoxy) is 1. The number of hydrogen-bond acceptors (Lipinski definition) is 4. The fourth-order valence-corrected chi connectivity index (χ4v) is 3.90. The second kappa shape index (κ2) is 8.17. The van der Waals surface area contributed by atoms with Gasteiger partial charge >= 0.3 is 0 Å². The van der Waals surface area contributed by atoms with Crippen molar-refractivity contribution in [1.29, 1.82) is 0 Å². The molecule has 2 heterocycles. The van der Waals surface area contributed by atoms with Crippen molar-refractivity contribution < 1.29 is 19.1 Å². The first-order chi connectivity index (χ1) is 14.1. The zero-order chi connectivity index (χ0) is 20.4. The molecule has 1 atom stereocenters. The smallest absolute Gasteiger partial charge is 0.261 e. The maximum Gasteiger partial charge on any atom is 0.261 e. The summed E-state index contributed by atoms with van der Waals surface area (Å²) in [6, 6.07) is 14.6. The highest BCUT2D eigenvalue weighted by atomic mass is 16.5. The van der Waals surface area contributed by atoms with E-state index in [0.29, 0.717) is 36.4 Å². The third kappa shape index (κ3) is 3.80. The van der Waals surface area contributed by atoms with Crippen molar-refractivity contribution in [3.8, 4) is 0 Å². The number of imide groups is 1. The summed E-state index contributed by atoms with van der Waals surface area (Å²) in [5.74, 6) is -0.811. The van der Waals surface area contributed by atoms with Gasteiger partial charge in [-0.05, 0) is 43.5 Å². The van der Waals surface area contributed by atoms with Crippen LogP contribution in [-0.2, 0) is 11.3 Å². The van der Waals surface area contributed by atoms with Crippen LogP contribution in [0.2, 0.25) is 0 Å². The summed E-state index contributed by atoms with van der Waals surface area (Å²) in [6.07, 6.45) is 1.70. The third-order valence-electron chi connectivity index (χ3n) is 5.51. The van der Waals surface area contributed by atoms with Crippen LogP contribution >= 0.6 is 0 Å². The highest BCUT2D eigenvalue weighted by Gasteiger charge is 2.38. The molecule has 2 aliphatic rings. The summed E-state index contributed by atoms with van der Waals surface area (Å²) >= 11 is 0. The van der Waals surface area contributed by atoms with E-state index in [1.807, 2.05) is 37.3 Å². The number of amides is 3. The number of carbonyl (C=O) groups is 3. The largest absolute Gasteiger partial charge is 0.376 e. The maximum atomic E-state index is 13.0. The number of carbonyl (C=O) groups excluding carboxylic acids is 3. The van der Waals surface area contributed by atoms with Gasteiger partial charge < -0.3 is 9.64 Å². The highest BCUT2D eigenvalue weighted by molar-refractivity contribution is 6.22. The van der Waals surface area contributed by atoms with E-state index in [1.165, 1.54) is 4.90 Å². The van der Waals surface area contributed by atoms with Crippen molar-refractivity contribution in [2.75, 3.05) is 19.7 Å². The minimum atomic E-state index is -0.346. The summed E-state index contributed by atoms with van der Waals surface area (Å²) in [7, 11) is 0. The number of benzene rings is 2. The zero-order valence-electron chi connectivity index (χ0n) is 16.5. The Morgan fingerprint density at radius 2 is 1.86 bits per heavy atom. The molecule has 0 radical (unpaired) electrons. The van der Waals surface area contributed by atoms with Crippen molar-refractivity contribution in [2.45, 2.75) is 32.4 Å². The van der Waals surface area contributed by atoms with Crippen LogP contribution in [0.15, 0.2) is 48.5 Å². The Hall–Kier alpha value is -2.99. The molecule has 2 aliphatic heterocycles. The van der Waals surface area contributed by atoms with Crippen molar-refractivity contribution in [2.24, 2.45) is 0 Å². The quantitative estimate of drug-likeness (QED) is 0.709. The predicted molar refractivity (Wildman–Crippen MR) is 108 cm³/mol. The van der Waals surface area contributed by atoms with E-state index in [4.69, 9.17) is 4.74 Å². The lowest BCUT2D eigenvalue weighted by Crippen LogP contribution is -2.36. The lowest BCUT2D eigenvalue weighted by Gasteiger charge is -2.21. The number of nitrogens with zero attached hydrogens (tertiary/aromatic N) is 2. The van der Waals surface area contributed by atoms with Gasteiger partial charge in [0.15, 0.2) is 0 Å². The average molecular weight is 392 g/mol. The molecule has 2 aromatic rings. The molecule has 4 rings (SSSR count). The van der Waals surface area contributed by atoms with Crippen LogP contribution in [-0.4, -0.2) is 53.3 Å². The van der Waals surface area contributed by atoms with E-state index in [-0.39, 0.29) is 30.4 Å². The molecule has 6 heteroatoms. The van der Waals surface area contributed by atoms with E-state index in [1.54, 1.807) is 23.1 Å². The van der Waals surface area contributed by atoms with Gasteiger partial charge in [0.1, 0.15) is 0 Å². The van der Waals surface area contributed by atoms with Gasteiger partial charge in [0.2, 0.25) is 0 Å². The molecule has 1 fully saturated rings. The standard InChI is InChI=1S/C23H24N2O4/c1-2-24(14-16-7-4-3-5-8-16)21(26)17-10-11-19-20(13-17)23(28)25(22(19)27)15-18-9-6-12-29-18/h3-5,7-8,10-11,13,18H,2,6,9,12,14-15H2,1H3/t18-/m0/s1. The Morgan fingerprint density at radius 1 is 1.10 bits per heavy atom. The molecular formula is C23H24N2O4. The first-order valence-corrected chi connectivity index (χ1v) is 10.0. The molecule has 0 bridgehead atoms. The van der Waals surface area contributed by atoms with Crippen molar-refractivity contribution in [1.82, 2.24) is 9.80 Å². The fourth-order valence-electron chi connectivity index (χ4n) is 3.90. The summed E-state index contributed by atoms with van der Waals surface area (Å²) in [4.78, 5) is 41.5. The predicted octanol–water partition coefficient (Wildman–Crippen LogP) is 3.12. The fraction of sp³-hybridized carbons (Fsp3) is 0.348. The van der Waals surface area contributed by atoms with Gasteiger partial charge in [0.05, 0.1) is 23.8 Å². The van der Waals surface area contributed by atoms with Crippen LogP contribution in [0.1, 0.15) is 56.4 Å². The van der Waals surface area contributed by atoms with Crippen LogP contribution in [0.3, 0.4) is 0 Å². The molecule has 150 valence electrons. The van der Waals surface area contributed by atoms with E-state index in [0.717, 1.165) is 18.4 Å². The first-order valence-electron chi connectivity index (χ1n) is 10.0. The molecule has 6 nitrogen and oxygen atoms in total. The molecule has 0 aromatic heterocycles. The van der Waals surface area contributed by atoms with Gasteiger partial charge in [0.25, 0.3) is 17.7 Å². The molecule has 1 saturated heterocycles. The highest BCUT2D eigenvalue weighted by Crippen LogP contribution is 2.26. The van der Waals surface area contributed by atoms with Crippen molar-refractivity contribution in [3.63, 3.8) is 0 Å². The summed E-state index contributed by atoms with van der Waals surface area (Å²) in [6.45, 7) is 3.89. The molecular weight excluding hydrogens is 368 g/mol. The van der Waals surface area contributed by atoms with Gasteiger partial charge in [-0.2, -0.15) is 0 Å². The maximum absolute atomic E-state index is 13.0. The SMILES string of the molecule is CCN(Cc1ccccc1)C(=O)c1ccc2c(c1)C(=O)N(C[C@@H]1CCCO1)C2=O. The Balaban J connectivity index is 1.54. The van der Waals surface area contributed by atoms with Crippen molar-refractivity contribution >= 4 is 17.7 Å². The van der Waals surface area contributed by atoms with E-state index in [2.05, 4.69) is 0 Å². The molecule has 0 spiro atoms. The summed E-state index contributed by atoms with van der Waals surface area (Å²) in [5, 5.41) is 0. The lowest BCUT2D eigenvalue weighted by atomic mass is 10.0. The molecule has 0 unspecified atom stereocenters. The minimum Gasteiger partial charge on any atom is -0.376 e. The first kappa shape index (κ1) is 19.3. The molecule has 0 saturated carbocycles. The van der Waals surface area contributed by atoms with E-state index < -0.39 is 0 Å². The van der Waals surface area contributed by atoms with Crippen molar-refractivity contribution in [3.05, 3.63) is 70.8 Å². The Bertz CT molecular complexity index is 935. The molecule has 2 aromatic carbocycles. The van der Waals surface area contributed by atoms with Gasteiger partial charge in [-0.15, -0.1) is 0 Å². The topological polar surface area (TPSA) is 66.9 Å². The Labute approximate surface area is 170 Å². The molecule has 0 aliphatic carbocycles. The Kier molecular flexibility index (Phi) is 5.45. The van der Waals surface area contributed by atoms with Gasteiger partial charge in [0, 0.05) is 25.3 Å². The van der Waals surface area contributed by atoms with Gasteiger partial charge in [-0.3, -0.25) is 19.3 Å². The third-order valence-corrected chi connectivity index (χ3v) is 5.51. The number of rotatable bonds is 6. The minimum absolute atomic E-state index is 0.0974. The Morgan fingerprint density at radius 3 is 2.55 bits per heavy atom. The van der Waals surface area contributed by atoms with Gasteiger partial charge in [-0.1, -0.05) is 30.3 Å². The van der Waals surface area contributed by atoms with Crippen LogP contribution in [0, 0.1) is 0 Å². The van der Waals surface area contributed by atoms with E-state index >= 15 is 0 Å². The van der Waals surface area contributed by atoms with Crippen LogP contribution in [0.25, 0.3) is 0 Å². The van der Waals surface area contributed by atoms with Crippen LogP contribution < -0.4 is 0 Å². The average Bonchev–Trinajstić information content (AvgIpc) is 3.35. The second-order valence-electron chi connectivity index (χ2n) is 7.42. The molecule has 0 N–H and O–H groups in total. The normalized spacial score (nSPS) is 18.2.